The topological polar surface area (TPSA) is 63.3 Å². The average molecular weight is 209 g/mol. The van der Waals surface area contributed by atoms with Crippen molar-refractivity contribution in [2.45, 2.75) is 39.0 Å². The third-order valence-corrected chi connectivity index (χ3v) is 3.10. The molecule has 1 fully saturated rings. The van der Waals surface area contributed by atoms with Crippen LogP contribution in [0.2, 0.25) is 0 Å². The van der Waals surface area contributed by atoms with Crippen LogP contribution in [0.1, 0.15) is 47.5 Å². The van der Waals surface area contributed by atoms with Gasteiger partial charge >= 0.3 is 5.97 Å². The number of hydrogen-bond donors (Lipinski definition) is 1. The summed E-state index contributed by atoms with van der Waals surface area (Å²) in [5.41, 5.74) is 0.883. The summed E-state index contributed by atoms with van der Waals surface area (Å²) in [6.07, 6.45) is 5.63. The molecule has 0 radical (unpaired) electrons. The van der Waals surface area contributed by atoms with Crippen molar-refractivity contribution >= 4 is 5.97 Å². The van der Waals surface area contributed by atoms with Crippen molar-refractivity contribution in [2.75, 3.05) is 0 Å². The van der Waals surface area contributed by atoms with Crippen LogP contribution >= 0.6 is 0 Å². The Bertz CT molecular complexity index is 364. The lowest BCUT2D eigenvalue weighted by atomic mass is 9.99. The number of aryl methyl sites for hydroxylation is 1. The van der Waals surface area contributed by atoms with E-state index in [1.165, 1.54) is 25.7 Å². The Morgan fingerprint density at radius 2 is 2.20 bits per heavy atom. The first-order valence-corrected chi connectivity index (χ1v) is 5.37. The zero-order chi connectivity index (χ0) is 10.8. The van der Waals surface area contributed by atoms with Gasteiger partial charge in [0.1, 0.15) is 11.3 Å². The van der Waals surface area contributed by atoms with Crippen LogP contribution in [0.15, 0.2) is 4.52 Å². The summed E-state index contributed by atoms with van der Waals surface area (Å²) in [5, 5.41) is 12.9. The molecule has 4 heteroatoms. The molecule has 1 aromatic rings. The van der Waals surface area contributed by atoms with Crippen molar-refractivity contribution in [3.63, 3.8) is 0 Å². The van der Waals surface area contributed by atoms with Gasteiger partial charge < -0.3 is 9.63 Å². The van der Waals surface area contributed by atoms with Crippen LogP contribution in [-0.2, 0) is 6.42 Å². The Morgan fingerprint density at radius 1 is 1.53 bits per heavy atom. The van der Waals surface area contributed by atoms with Crippen molar-refractivity contribution in [3.05, 3.63) is 17.0 Å². The molecule has 1 aromatic heterocycles. The molecule has 1 aliphatic rings. The molecule has 0 aromatic carbocycles. The van der Waals surface area contributed by atoms with Gasteiger partial charge in [0.15, 0.2) is 0 Å². The van der Waals surface area contributed by atoms with Gasteiger partial charge in [-0.1, -0.05) is 30.8 Å². The molecular weight excluding hydrogens is 194 g/mol. The number of aromatic nitrogens is 1. The highest BCUT2D eigenvalue weighted by atomic mass is 16.5. The van der Waals surface area contributed by atoms with Crippen LogP contribution in [-0.4, -0.2) is 16.2 Å². The van der Waals surface area contributed by atoms with Crippen LogP contribution in [0, 0.1) is 12.8 Å². The lowest BCUT2D eigenvalue weighted by molar-refractivity contribution is 0.0694. The first-order valence-electron chi connectivity index (χ1n) is 5.37. The summed E-state index contributed by atoms with van der Waals surface area (Å²) in [6, 6.07) is 0. The van der Waals surface area contributed by atoms with Gasteiger partial charge in [0.2, 0.25) is 0 Å². The van der Waals surface area contributed by atoms with Crippen LogP contribution in [0.4, 0.5) is 0 Å². The number of hydrogen-bond acceptors (Lipinski definition) is 3. The highest BCUT2D eigenvalue weighted by Gasteiger charge is 2.23. The maximum Gasteiger partial charge on any atom is 0.341 e. The molecule has 1 N–H and O–H groups in total. The molecule has 0 aliphatic heterocycles. The molecule has 15 heavy (non-hydrogen) atoms. The van der Waals surface area contributed by atoms with E-state index in [9.17, 15) is 4.79 Å². The van der Waals surface area contributed by atoms with Gasteiger partial charge in [-0.15, -0.1) is 0 Å². The Balaban J connectivity index is 2.16. The molecule has 1 saturated carbocycles. The first kappa shape index (κ1) is 10.2. The molecule has 0 amide bonds. The molecule has 2 rings (SSSR count). The molecule has 0 atom stereocenters. The lowest BCUT2D eigenvalue weighted by Crippen LogP contribution is -2.06. The van der Waals surface area contributed by atoms with Gasteiger partial charge in [-0.05, 0) is 19.3 Å². The molecule has 1 aliphatic carbocycles. The number of aromatic carboxylic acids is 1. The number of rotatable bonds is 3. The lowest BCUT2D eigenvalue weighted by Gasteiger charge is -2.05. The van der Waals surface area contributed by atoms with Crippen molar-refractivity contribution in [2.24, 2.45) is 5.92 Å². The Morgan fingerprint density at radius 3 is 2.80 bits per heavy atom. The average Bonchev–Trinajstić information content (AvgIpc) is 2.76. The normalized spacial score (nSPS) is 17.1. The summed E-state index contributed by atoms with van der Waals surface area (Å²) in [4.78, 5) is 11.0. The van der Waals surface area contributed by atoms with Crippen molar-refractivity contribution in [1.82, 2.24) is 5.16 Å². The Kier molecular flexibility index (Phi) is 2.75. The van der Waals surface area contributed by atoms with Crippen LogP contribution < -0.4 is 0 Å². The van der Waals surface area contributed by atoms with E-state index in [4.69, 9.17) is 9.63 Å². The van der Waals surface area contributed by atoms with E-state index in [1.807, 2.05) is 0 Å². The molecule has 4 nitrogen and oxygen atoms in total. The van der Waals surface area contributed by atoms with E-state index >= 15 is 0 Å². The second-order valence-electron chi connectivity index (χ2n) is 4.22. The SMILES string of the molecule is Cc1onc(CC2CCCC2)c1C(=O)O. The van der Waals surface area contributed by atoms with Crippen LogP contribution in [0.5, 0.6) is 0 Å². The predicted octanol–water partition coefficient (Wildman–Crippen LogP) is 2.41. The van der Waals surface area contributed by atoms with Gasteiger partial charge in [-0.2, -0.15) is 0 Å². The summed E-state index contributed by atoms with van der Waals surface area (Å²) in [6.45, 7) is 1.65. The maximum atomic E-state index is 11.0. The van der Waals surface area contributed by atoms with E-state index < -0.39 is 5.97 Å². The fourth-order valence-electron chi connectivity index (χ4n) is 2.32. The smallest absolute Gasteiger partial charge is 0.341 e. The molecule has 0 bridgehead atoms. The Labute approximate surface area is 88.3 Å². The fourth-order valence-corrected chi connectivity index (χ4v) is 2.32. The van der Waals surface area contributed by atoms with Crippen molar-refractivity contribution in [3.8, 4) is 0 Å². The fraction of sp³-hybridized carbons (Fsp3) is 0.636. The quantitative estimate of drug-likeness (QED) is 0.830. The number of carbonyl (C=O) groups is 1. The summed E-state index contributed by atoms with van der Waals surface area (Å²) < 4.78 is 4.94. The standard InChI is InChI=1S/C11H15NO3/c1-7-10(11(13)14)9(12-15-7)6-8-4-2-3-5-8/h8H,2-6H2,1H3,(H,13,14). The summed E-state index contributed by atoms with van der Waals surface area (Å²) in [7, 11) is 0. The van der Waals surface area contributed by atoms with Gasteiger partial charge in [-0.25, -0.2) is 4.79 Å². The third kappa shape index (κ3) is 2.03. The molecule has 0 saturated heterocycles. The van der Waals surface area contributed by atoms with Gasteiger partial charge in [-0.3, -0.25) is 0 Å². The molecule has 0 spiro atoms. The van der Waals surface area contributed by atoms with E-state index in [2.05, 4.69) is 5.16 Å². The highest BCUT2D eigenvalue weighted by molar-refractivity contribution is 5.89. The minimum atomic E-state index is -0.929. The highest BCUT2D eigenvalue weighted by Crippen LogP contribution is 2.29. The van der Waals surface area contributed by atoms with Crippen LogP contribution in [0.25, 0.3) is 0 Å². The molecule has 0 unspecified atom stereocenters. The van der Waals surface area contributed by atoms with Crippen molar-refractivity contribution in [1.29, 1.82) is 0 Å². The van der Waals surface area contributed by atoms with E-state index in [1.54, 1.807) is 6.92 Å². The number of carboxylic acid groups (broad SMARTS) is 1. The zero-order valence-electron chi connectivity index (χ0n) is 8.82. The predicted molar refractivity (Wildman–Crippen MR) is 53.9 cm³/mol. The number of nitrogens with zero attached hydrogens (tertiary/aromatic N) is 1. The molecule has 82 valence electrons. The second-order valence-corrected chi connectivity index (χ2v) is 4.22. The molecular formula is C11H15NO3. The number of carboxylic acids is 1. The van der Waals surface area contributed by atoms with Gasteiger partial charge in [0, 0.05) is 0 Å². The first-order chi connectivity index (χ1) is 7.18. The zero-order valence-corrected chi connectivity index (χ0v) is 8.82. The van der Waals surface area contributed by atoms with Crippen LogP contribution in [0.3, 0.4) is 0 Å². The molecule has 1 heterocycles. The third-order valence-electron chi connectivity index (χ3n) is 3.10. The van der Waals surface area contributed by atoms with Gasteiger partial charge in [0.25, 0.3) is 0 Å². The minimum absolute atomic E-state index is 0.266. The van der Waals surface area contributed by atoms with E-state index in [0.717, 1.165) is 6.42 Å². The summed E-state index contributed by atoms with van der Waals surface area (Å²) in [5.74, 6) is 0.0739. The second kappa shape index (κ2) is 4.04. The Hall–Kier alpha value is -1.32. The van der Waals surface area contributed by atoms with E-state index in [-0.39, 0.29) is 5.56 Å². The minimum Gasteiger partial charge on any atom is -0.477 e. The van der Waals surface area contributed by atoms with E-state index in [0.29, 0.717) is 17.4 Å². The largest absolute Gasteiger partial charge is 0.477 e. The summed E-state index contributed by atoms with van der Waals surface area (Å²) >= 11 is 0. The maximum absolute atomic E-state index is 11.0. The monoisotopic (exact) mass is 209 g/mol. The van der Waals surface area contributed by atoms with Crippen molar-refractivity contribution < 1.29 is 14.4 Å². The van der Waals surface area contributed by atoms with Gasteiger partial charge in [0.05, 0.1) is 5.69 Å².